The molecule has 0 spiro atoms. The molecule has 206 valence electrons. The van der Waals surface area contributed by atoms with E-state index in [2.05, 4.69) is 158 Å². The predicted octanol–water partition coefficient (Wildman–Crippen LogP) is 8.10. The van der Waals surface area contributed by atoms with E-state index in [9.17, 15) is 0 Å². The van der Waals surface area contributed by atoms with Crippen LogP contribution in [0.3, 0.4) is 0 Å². The number of nitrogens with zero attached hydrogens (tertiary/aromatic N) is 1. The SMILES string of the molecule is CC1(C)c2ccccc2N(c2cc3c4c(c2)Sc2ccccc2[Si]4(c2ccccc2)c2ccccc2S3)c2ccccc21. The molecule has 0 N–H and O–H groups in total. The van der Waals surface area contributed by atoms with Crippen LogP contribution in [-0.4, -0.2) is 8.07 Å². The maximum absolute atomic E-state index is 2.55. The highest BCUT2D eigenvalue weighted by molar-refractivity contribution is 8.01. The molecule has 9 rings (SSSR count). The Kier molecular flexibility index (Phi) is 5.50. The van der Waals surface area contributed by atoms with Gasteiger partial charge >= 0.3 is 0 Å². The Balaban J connectivity index is 1.37. The lowest BCUT2D eigenvalue weighted by Crippen LogP contribution is -2.78. The third-order valence-electron chi connectivity index (χ3n) is 9.55. The summed E-state index contributed by atoms with van der Waals surface area (Å²) in [6, 6.07) is 52.7. The van der Waals surface area contributed by atoms with Gasteiger partial charge in [0, 0.05) is 30.7 Å². The highest BCUT2D eigenvalue weighted by atomic mass is 32.2. The minimum Gasteiger partial charge on any atom is -0.310 e. The molecule has 0 radical (unpaired) electrons. The van der Waals surface area contributed by atoms with E-state index in [0.717, 1.165) is 0 Å². The highest BCUT2D eigenvalue weighted by Crippen LogP contribution is 2.53. The summed E-state index contributed by atoms with van der Waals surface area (Å²) >= 11 is 3.91. The Hall–Kier alpha value is -3.96. The lowest BCUT2D eigenvalue weighted by molar-refractivity contribution is 0.632. The van der Waals surface area contributed by atoms with Crippen molar-refractivity contribution in [2.45, 2.75) is 38.8 Å². The lowest BCUT2D eigenvalue weighted by atomic mass is 9.73. The third-order valence-corrected chi connectivity index (χ3v) is 17.5. The summed E-state index contributed by atoms with van der Waals surface area (Å²) in [6.07, 6.45) is 0. The second-order valence-electron chi connectivity index (χ2n) is 12.1. The predicted molar refractivity (Wildman–Crippen MR) is 185 cm³/mol. The van der Waals surface area contributed by atoms with Crippen molar-refractivity contribution in [3.05, 3.63) is 151 Å². The van der Waals surface area contributed by atoms with E-state index < -0.39 is 8.07 Å². The zero-order valence-corrected chi connectivity index (χ0v) is 26.7. The number of benzene rings is 6. The van der Waals surface area contributed by atoms with Crippen LogP contribution in [0.4, 0.5) is 17.1 Å². The van der Waals surface area contributed by atoms with E-state index in [1.807, 2.05) is 23.5 Å². The maximum atomic E-state index is 2.51. The zero-order valence-electron chi connectivity index (χ0n) is 24.0. The Labute approximate surface area is 262 Å². The molecule has 0 unspecified atom stereocenters. The molecular weight excluding hydrogens is 575 g/mol. The monoisotopic (exact) mass is 603 g/mol. The van der Waals surface area contributed by atoms with Crippen molar-refractivity contribution in [1.29, 1.82) is 0 Å². The first-order chi connectivity index (χ1) is 21.1. The summed E-state index contributed by atoms with van der Waals surface area (Å²) in [4.78, 5) is 8.07. The summed E-state index contributed by atoms with van der Waals surface area (Å²) in [5.41, 5.74) is 6.43. The van der Waals surface area contributed by atoms with Crippen LogP contribution in [0.1, 0.15) is 25.0 Å². The van der Waals surface area contributed by atoms with E-state index in [0.29, 0.717) is 0 Å². The number of fused-ring (bicyclic) bond motifs is 6. The van der Waals surface area contributed by atoms with Gasteiger partial charge < -0.3 is 4.90 Å². The van der Waals surface area contributed by atoms with Gasteiger partial charge in [-0.2, -0.15) is 0 Å². The minimum absolute atomic E-state index is 0.0804. The molecular formula is C39H29NS2Si. The molecule has 0 saturated carbocycles. The lowest BCUT2D eigenvalue weighted by Gasteiger charge is -2.45. The Morgan fingerprint density at radius 3 is 1.53 bits per heavy atom. The number of anilines is 3. The molecule has 1 nitrogen and oxygen atoms in total. The van der Waals surface area contributed by atoms with Gasteiger partial charge in [0.15, 0.2) is 8.07 Å². The van der Waals surface area contributed by atoms with E-state index in [1.54, 1.807) is 5.19 Å². The number of rotatable bonds is 2. The van der Waals surface area contributed by atoms with E-state index >= 15 is 0 Å². The molecule has 6 aromatic carbocycles. The second-order valence-corrected chi connectivity index (χ2v) is 17.9. The summed E-state index contributed by atoms with van der Waals surface area (Å²) in [5, 5.41) is 6.03. The van der Waals surface area contributed by atoms with Crippen molar-refractivity contribution in [2.24, 2.45) is 0 Å². The molecule has 0 bridgehead atoms. The van der Waals surface area contributed by atoms with Gasteiger partial charge in [-0.15, -0.1) is 0 Å². The number of para-hydroxylation sites is 2. The molecule has 3 heterocycles. The second kappa shape index (κ2) is 9.27. The van der Waals surface area contributed by atoms with Crippen molar-refractivity contribution in [1.82, 2.24) is 0 Å². The Bertz CT molecular complexity index is 1960. The van der Waals surface area contributed by atoms with E-state index in [1.165, 1.54) is 63.3 Å². The van der Waals surface area contributed by atoms with Crippen LogP contribution in [0, 0.1) is 0 Å². The van der Waals surface area contributed by atoms with E-state index in [-0.39, 0.29) is 5.41 Å². The largest absolute Gasteiger partial charge is 0.310 e. The standard InChI is InChI=1S/C39H29NS2Si/c1-39(2)28-16-6-8-18-30(28)40(31-19-9-7-17-29(31)39)26-24-34-38-35(25-26)42-33-21-11-13-23-37(33)43(38,27-14-4-3-5-15-27)36-22-12-10-20-32(36)41-34/h3-25H,1-2H3. The van der Waals surface area contributed by atoms with Gasteiger partial charge in [-0.1, -0.05) is 140 Å². The fourth-order valence-electron chi connectivity index (χ4n) is 7.71. The highest BCUT2D eigenvalue weighted by Gasteiger charge is 2.52. The summed E-state index contributed by atoms with van der Waals surface area (Å²) < 4.78 is 0. The normalized spacial score (nSPS) is 16.3. The third kappa shape index (κ3) is 3.43. The van der Waals surface area contributed by atoms with E-state index in [4.69, 9.17) is 0 Å². The fourth-order valence-corrected chi connectivity index (χ4v) is 17.0. The molecule has 0 atom stereocenters. The molecule has 0 saturated heterocycles. The van der Waals surface area contributed by atoms with Gasteiger partial charge in [0.2, 0.25) is 0 Å². The van der Waals surface area contributed by atoms with Crippen LogP contribution in [0.2, 0.25) is 0 Å². The molecule has 0 aliphatic carbocycles. The van der Waals surface area contributed by atoms with Crippen molar-refractivity contribution in [3.63, 3.8) is 0 Å². The average Bonchev–Trinajstić information content (AvgIpc) is 3.05. The summed E-state index contributed by atoms with van der Waals surface area (Å²) in [5.74, 6) is 0. The fraction of sp³-hybridized carbons (Fsp3) is 0.0769. The van der Waals surface area contributed by atoms with Crippen molar-refractivity contribution >= 4 is 69.4 Å². The topological polar surface area (TPSA) is 3.24 Å². The number of hydrogen-bond donors (Lipinski definition) is 0. The molecule has 4 heteroatoms. The maximum Gasteiger partial charge on any atom is 0.184 e. The smallest absolute Gasteiger partial charge is 0.184 e. The first-order valence-electron chi connectivity index (χ1n) is 14.9. The Morgan fingerprint density at radius 2 is 0.977 bits per heavy atom. The van der Waals surface area contributed by atoms with Crippen LogP contribution in [0.5, 0.6) is 0 Å². The Morgan fingerprint density at radius 1 is 0.512 bits per heavy atom. The molecule has 0 aromatic heterocycles. The molecule has 0 amide bonds. The molecule has 3 aliphatic heterocycles. The van der Waals surface area contributed by atoms with Crippen LogP contribution in [0.25, 0.3) is 0 Å². The first-order valence-corrected chi connectivity index (χ1v) is 18.5. The minimum atomic E-state index is -2.55. The molecule has 6 aromatic rings. The van der Waals surface area contributed by atoms with Gasteiger partial charge in [0.1, 0.15) is 0 Å². The first kappa shape index (κ1) is 25.5. The van der Waals surface area contributed by atoms with Crippen LogP contribution in [0.15, 0.2) is 159 Å². The summed E-state index contributed by atoms with van der Waals surface area (Å²) in [6.45, 7) is 4.72. The molecule has 0 fully saturated rings. The van der Waals surface area contributed by atoms with Crippen LogP contribution < -0.4 is 25.6 Å². The van der Waals surface area contributed by atoms with Crippen LogP contribution in [-0.2, 0) is 5.41 Å². The van der Waals surface area contributed by atoms with Gasteiger partial charge in [0.25, 0.3) is 0 Å². The quantitative estimate of drug-likeness (QED) is 0.184. The molecule has 43 heavy (non-hydrogen) atoms. The van der Waals surface area contributed by atoms with Crippen molar-refractivity contribution in [2.75, 3.05) is 4.90 Å². The molecule has 3 aliphatic rings. The average molecular weight is 604 g/mol. The van der Waals surface area contributed by atoms with Crippen molar-refractivity contribution in [3.8, 4) is 0 Å². The summed E-state index contributed by atoms with van der Waals surface area (Å²) in [7, 11) is -2.55. The number of hydrogen-bond acceptors (Lipinski definition) is 3. The van der Waals surface area contributed by atoms with Crippen LogP contribution >= 0.6 is 23.5 Å². The van der Waals surface area contributed by atoms with Crippen molar-refractivity contribution < 1.29 is 0 Å². The van der Waals surface area contributed by atoms with Gasteiger partial charge in [0.05, 0.1) is 11.4 Å². The van der Waals surface area contributed by atoms with Gasteiger partial charge in [-0.25, -0.2) is 0 Å². The van der Waals surface area contributed by atoms with Gasteiger partial charge in [-0.3, -0.25) is 0 Å². The van der Waals surface area contributed by atoms with Gasteiger partial charge in [-0.05, 0) is 68.3 Å². The zero-order chi connectivity index (χ0) is 28.8.